The van der Waals surface area contributed by atoms with E-state index < -0.39 is 23.8 Å². The summed E-state index contributed by atoms with van der Waals surface area (Å²) in [4.78, 5) is 54.2. The molecule has 2 N–H and O–H groups in total. The summed E-state index contributed by atoms with van der Waals surface area (Å²) in [6.07, 6.45) is -1.59. The topological polar surface area (TPSA) is 117 Å². The van der Waals surface area contributed by atoms with Crippen LogP contribution in [0.15, 0.2) is 22.8 Å². The third kappa shape index (κ3) is 5.11. The largest absolute Gasteiger partial charge is 0.449 e. The van der Waals surface area contributed by atoms with Crippen LogP contribution in [0, 0.1) is 11.8 Å². The minimum atomic E-state index is -0.794. The summed E-state index contributed by atoms with van der Waals surface area (Å²) in [5.74, 6) is -0.814. The Kier molecular flexibility index (Phi) is 6.33. The molecule has 2 aliphatic heterocycles. The molecule has 0 bridgehead atoms. The summed E-state index contributed by atoms with van der Waals surface area (Å²) in [5.41, 5.74) is -0.110. The normalized spacial score (nSPS) is 18.3. The highest BCUT2D eigenvalue weighted by Gasteiger charge is 2.45. The standard InChI is InChI=1S/C20H28N4O6/c1-11(2)9-29-19(27)21-13-15(23-5-6-23)18(26)14(16(17(13)25)24-7-8-24)22-20(28)30-10-12(3)4/h11-12H,5-10H2,1-4H3,(H,21,27)(H,22,28). The van der Waals surface area contributed by atoms with Crippen LogP contribution < -0.4 is 10.6 Å². The molecule has 2 heterocycles. The van der Waals surface area contributed by atoms with Crippen LogP contribution in [0.1, 0.15) is 27.7 Å². The van der Waals surface area contributed by atoms with Crippen molar-refractivity contribution in [3.8, 4) is 0 Å². The van der Waals surface area contributed by atoms with E-state index in [1.807, 2.05) is 27.7 Å². The van der Waals surface area contributed by atoms with Crippen LogP contribution in [-0.2, 0) is 19.1 Å². The van der Waals surface area contributed by atoms with Gasteiger partial charge in [-0.15, -0.1) is 0 Å². The predicted octanol–water partition coefficient (Wildman–Crippen LogP) is 0.957. The molecule has 1 aliphatic carbocycles. The van der Waals surface area contributed by atoms with Crippen molar-refractivity contribution < 1.29 is 28.7 Å². The molecular formula is C20H28N4O6. The molecule has 2 amide bonds. The number of Topliss-reactive ketones (excluding diaryl/α,β-unsaturated/α-hetero) is 2. The van der Waals surface area contributed by atoms with Gasteiger partial charge >= 0.3 is 12.2 Å². The zero-order chi connectivity index (χ0) is 22.0. The Morgan fingerprint density at radius 2 is 1.10 bits per heavy atom. The van der Waals surface area contributed by atoms with E-state index in [4.69, 9.17) is 9.47 Å². The van der Waals surface area contributed by atoms with Gasteiger partial charge in [-0.1, -0.05) is 27.7 Å². The van der Waals surface area contributed by atoms with Gasteiger partial charge in [-0.2, -0.15) is 0 Å². The summed E-state index contributed by atoms with van der Waals surface area (Å²) in [5, 5.41) is 4.91. The third-order valence-corrected chi connectivity index (χ3v) is 4.43. The van der Waals surface area contributed by atoms with Crippen molar-refractivity contribution in [2.24, 2.45) is 11.8 Å². The molecule has 0 aromatic heterocycles. The van der Waals surface area contributed by atoms with Crippen molar-refractivity contribution in [2.75, 3.05) is 39.4 Å². The Morgan fingerprint density at radius 1 is 0.767 bits per heavy atom. The van der Waals surface area contributed by atoms with Crippen molar-refractivity contribution >= 4 is 23.8 Å². The zero-order valence-electron chi connectivity index (χ0n) is 17.7. The van der Waals surface area contributed by atoms with Crippen LogP contribution in [0.2, 0.25) is 0 Å². The van der Waals surface area contributed by atoms with Crippen LogP contribution in [-0.4, -0.2) is 72.9 Å². The Morgan fingerprint density at radius 3 is 1.37 bits per heavy atom. The van der Waals surface area contributed by atoms with Crippen molar-refractivity contribution in [3.63, 3.8) is 0 Å². The summed E-state index contributed by atoms with van der Waals surface area (Å²) in [6, 6.07) is 0. The van der Waals surface area contributed by atoms with Crippen molar-refractivity contribution in [1.29, 1.82) is 0 Å². The molecule has 30 heavy (non-hydrogen) atoms. The number of amides is 2. The molecule has 10 heteroatoms. The van der Waals surface area contributed by atoms with Crippen LogP contribution in [0.3, 0.4) is 0 Å². The fraction of sp³-hybridized carbons (Fsp3) is 0.600. The molecule has 0 aromatic carbocycles. The fourth-order valence-electron chi connectivity index (χ4n) is 2.82. The number of carbonyl (C=O) groups excluding carboxylic acids is 4. The second kappa shape index (κ2) is 8.76. The van der Waals surface area contributed by atoms with E-state index in [1.165, 1.54) is 0 Å². The third-order valence-electron chi connectivity index (χ3n) is 4.43. The first-order valence-corrected chi connectivity index (χ1v) is 10.1. The van der Waals surface area contributed by atoms with E-state index in [0.29, 0.717) is 26.2 Å². The van der Waals surface area contributed by atoms with Gasteiger partial charge in [-0.3, -0.25) is 20.2 Å². The van der Waals surface area contributed by atoms with E-state index in [-0.39, 0.29) is 47.8 Å². The molecule has 0 atom stereocenters. The smallest absolute Gasteiger partial charge is 0.411 e. The molecule has 10 nitrogen and oxygen atoms in total. The molecule has 2 fully saturated rings. The van der Waals surface area contributed by atoms with Crippen molar-refractivity contribution in [1.82, 2.24) is 20.4 Å². The highest BCUT2D eigenvalue weighted by Crippen LogP contribution is 2.32. The fourth-order valence-corrected chi connectivity index (χ4v) is 2.82. The predicted molar refractivity (Wildman–Crippen MR) is 106 cm³/mol. The summed E-state index contributed by atoms with van der Waals surface area (Å²) < 4.78 is 10.2. The Bertz CT molecular complexity index is 753. The number of hydrogen-bond donors (Lipinski definition) is 2. The number of ether oxygens (including phenoxy) is 2. The quantitative estimate of drug-likeness (QED) is 0.441. The molecule has 0 spiro atoms. The summed E-state index contributed by atoms with van der Waals surface area (Å²) >= 11 is 0. The summed E-state index contributed by atoms with van der Waals surface area (Å²) in [7, 11) is 0. The van der Waals surface area contributed by atoms with E-state index in [1.54, 1.807) is 9.80 Å². The first kappa shape index (κ1) is 21.7. The highest BCUT2D eigenvalue weighted by atomic mass is 16.6. The lowest BCUT2D eigenvalue weighted by Crippen LogP contribution is -2.43. The lowest BCUT2D eigenvalue weighted by molar-refractivity contribution is -0.118. The van der Waals surface area contributed by atoms with Crippen molar-refractivity contribution in [2.45, 2.75) is 27.7 Å². The lowest BCUT2D eigenvalue weighted by Gasteiger charge is -2.25. The number of rotatable bonds is 8. The molecular weight excluding hydrogens is 392 g/mol. The number of nitrogens with zero attached hydrogens (tertiary/aromatic N) is 2. The molecule has 164 valence electrons. The maximum absolute atomic E-state index is 13.2. The van der Waals surface area contributed by atoms with Crippen molar-refractivity contribution in [3.05, 3.63) is 22.8 Å². The zero-order valence-corrected chi connectivity index (χ0v) is 17.7. The molecule has 3 rings (SSSR count). The van der Waals surface area contributed by atoms with Gasteiger partial charge in [-0.05, 0) is 11.8 Å². The molecule has 0 radical (unpaired) electrons. The van der Waals surface area contributed by atoms with Gasteiger partial charge < -0.3 is 19.3 Å². The number of ketones is 2. The number of nitrogens with one attached hydrogen (secondary N) is 2. The first-order chi connectivity index (χ1) is 14.2. The Hall–Kier alpha value is -3.04. The molecule has 0 aromatic rings. The number of hydrogen-bond acceptors (Lipinski definition) is 8. The molecule has 0 unspecified atom stereocenters. The molecule has 2 saturated heterocycles. The van der Waals surface area contributed by atoms with Gasteiger partial charge in [0.1, 0.15) is 22.8 Å². The lowest BCUT2D eigenvalue weighted by atomic mass is 9.98. The van der Waals surface area contributed by atoms with Gasteiger partial charge in [0.25, 0.3) is 0 Å². The van der Waals surface area contributed by atoms with Crippen LogP contribution in [0.25, 0.3) is 0 Å². The van der Waals surface area contributed by atoms with Gasteiger partial charge in [0.2, 0.25) is 11.6 Å². The molecule has 3 aliphatic rings. The monoisotopic (exact) mass is 420 g/mol. The van der Waals surface area contributed by atoms with Gasteiger partial charge in [0.05, 0.1) is 13.2 Å². The maximum atomic E-state index is 13.2. The van der Waals surface area contributed by atoms with Crippen LogP contribution in [0.4, 0.5) is 9.59 Å². The van der Waals surface area contributed by atoms with E-state index in [2.05, 4.69) is 10.6 Å². The van der Waals surface area contributed by atoms with E-state index in [0.717, 1.165) is 0 Å². The summed E-state index contributed by atoms with van der Waals surface area (Å²) in [6.45, 7) is 10.2. The average molecular weight is 420 g/mol. The van der Waals surface area contributed by atoms with Crippen LogP contribution >= 0.6 is 0 Å². The Balaban J connectivity index is 1.85. The van der Waals surface area contributed by atoms with Gasteiger partial charge in [0.15, 0.2) is 0 Å². The number of alkyl carbamates (subject to hydrolysis) is 2. The second-order valence-electron chi connectivity index (χ2n) is 8.31. The van der Waals surface area contributed by atoms with Crippen LogP contribution in [0.5, 0.6) is 0 Å². The minimum Gasteiger partial charge on any atom is -0.449 e. The van der Waals surface area contributed by atoms with Gasteiger partial charge in [0, 0.05) is 26.2 Å². The first-order valence-electron chi connectivity index (χ1n) is 10.1. The maximum Gasteiger partial charge on any atom is 0.411 e. The number of carbonyl (C=O) groups is 4. The van der Waals surface area contributed by atoms with E-state index >= 15 is 0 Å². The van der Waals surface area contributed by atoms with Gasteiger partial charge in [-0.25, -0.2) is 9.59 Å². The minimum absolute atomic E-state index is 0.0613. The highest BCUT2D eigenvalue weighted by molar-refractivity contribution is 6.25. The Labute approximate surface area is 175 Å². The second-order valence-corrected chi connectivity index (χ2v) is 8.31. The average Bonchev–Trinajstić information content (AvgIpc) is 3.56. The SMILES string of the molecule is CC(C)COC(=O)NC1=C(N2CC2)C(=O)C(NC(=O)OCC(C)C)=C(N2CC2)C1=O. The van der Waals surface area contributed by atoms with E-state index in [9.17, 15) is 19.2 Å². The molecule has 0 saturated carbocycles.